The zero-order valence-corrected chi connectivity index (χ0v) is 9.23. The summed E-state index contributed by atoms with van der Waals surface area (Å²) in [6, 6.07) is 6.64. The van der Waals surface area contributed by atoms with E-state index in [1.54, 1.807) is 0 Å². The molecule has 0 radical (unpaired) electrons. The molecule has 1 nitrogen and oxygen atoms in total. The Balaban J connectivity index is 2.10. The maximum Gasteiger partial charge on any atom is 0.0422 e. The molecule has 1 fully saturated rings. The van der Waals surface area contributed by atoms with Crippen molar-refractivity contribution in [3.63, 3.8) is 0 Å². The lowest BCUT2D eigenvalue weighted by Crippen LogP contribution is -2.19. The van der Waals surface area contributed by atoms with Crippen molar-refractivity contribution >= 4 is 11.8 Å². The Labute approximate surface area is 89.1 Å². The largest absolute Gasteiger partial charge is 0.321 e. The number of nitrogens with two attached hydrogens (primary N) is 1. The fraction of sp³-hybridized carbons (Fsp3) is 0.500. The van der Waals surface area contributed by atoms with Crippen molar-refractivity contribution in [3.8, 4) is 0 Å². The Hall–Kier alpha value is -0.470. The van der Waals surface area contributed by atoms with Crippen molar-refractivity contribution in [2.24, 2.45) is 5.73 Å². The molecule has 1 aromatic carbocycles. The van der Waals surface area contributed by atoms with E-state index in [1.807, 2.05) is 11.8 Å². The van der Waals surface area contributed by atoms with Crippen molar-refractivity contribution in [2.45, 2.75) is 41.9 Å². The summed E-state index contributed by atoms with van der Waals surface area (Å²) in [6.07, 6.45) is 3.54. The number of rotatable bonds is 1. The molecule has 2 aliphatic rings. The third-order valence-corrected chi connectivity index (χ3v) is 4.53. The molecule has 14 heavy (non-hydrogen) atoms. The summed E-state index contributed by atoms with van der Waals surface area (Å²) in [5.74, 6) is 0. The first-order chi connectivity index (χ1) is 6.69. The van der Waals surface area contributed by atoms with Crippen LogP contribution in [0.4, 0.5) is 0 Å². The molecule has 1 aliphatic heterocycles. The number of fused-ring (bicyclic) bond motifs is 1. The van der Waals surface area contributed by atoms with Gasteiger partial charge in [-0.3, -0.25) is 0 Å². The van der Waals surface area contributed by atoms with Gasteiger partial charge in [-0.1, -0.05) is 25.1 Å². The zero-order chi connectivity index (χ0) is 9.76. The third kappa shape index (κ3) is 1.21. The lowest BCUT2D eigenvalue weighted by Gasteiger charge is -2.13. The van der Waals surface area contributed by atoms with Gasteiger partial charge in [-0.25, -0.2) is 0 Å². The second kappa shape index (κ2) is 2.77. The standard InChI is InChI=1S/C12H15NS/c1-8-7-9-3-2-4-10(11(9)14-8)12(13)5-6-12/h2-4,8H,5-7,13H2,1H3. The van der Waals surface area contributed by atoms with Crippen LogP contribution in [0.3, 0.4) is 0 Å². The van der Waals surface area contributed by atoms with Crippen molar-refractivity contribution in [1.82, 2.24) is 0 Å². The fourth-order valence-corrected chi connectivity index (χ4v) is 3.60. The monoisotopic (exact) mass is 205 g/mol. The Morgan fingerprint density at radius 1 is 1.43 bits per heavy atom. The van der Waals surface area contributed by atoms with E-state index in [-0.39, 0.29) is 5.54 Å². The lowest BCUT2D eigenvalue weighted by atomic mass is 10.0. The minimum Gasteiger partial charge on any atom is -0.321 e. The minimum atomic E-state index is 0.0302. The van der Waals surface area contributed by atoms with Crippen LogP contribution in [0.1, 0.15) is 30.9 Å². The van der Waals surface area contributed by atoms with Crippen LogP contribution in [0, 0.1) is 0 Å². The average molecular weight is 205 g/mol. The number of thioether (sulfide) groups is 1. The van der Waals surface area contributed by atoms with E-state index in [4.69, 9.17) is 5.73 Å². The molecular weight excluding hydrogens is 190 g/mol. The number of benzene rings is 1. The smallest absolute Gasteiger partial charge is 0.0422 e. The summed E-state index contributed by atoms with van der Waals surface area (Å²) in [4.78, 5) is 1.49. The number of hydrogen-bond donors (Lipinski definition) is 1. The molecule has 0 amide bonds. The predicted octanol–water partition coefficient (Wildman–Crippen LogP) is 2.67. The first-order valence-electron chi connectivity index (χ1n) is 5.27. The molecule has 2 heteroatoms. The van der Waals surface area contributed by atoms with Crippen LogP contribution >= 0.6 is 11.8 Å². The van der Waals surface area contributed by atoms with Crippen molar-refractivity contribution < 1.29 is 0 Å². The Morgan fingerprint density at radius 2 is 2.21 bits per heavy atom. The molecule has 74 valence electrons. The maximum absolute atomic E-state index is 6.27. The van der Waals surface area contributed by atoms with Crippen LogP contribution in [-0.2, 0) is 12.0 Å². The molecule has 0 bridgehead atoms. The van der Waals surface area contributed by atoms with Gasteiger partial charge in [0.2, 0.25) is 0 Å². The zero-order valence-electron chi connectivity index (χ0n) is 8.42. The predicted molar refractivity (Wildman–Crippen MR) is 60.6 cm³/mol. The third-order valence-electron chi connectivity index (χ3n) is 3.25. The normalized spacial score (nSPS) is 27.4. The molecule has 1 aliphatic carbocycles. The van der Waals surface area contributed by atoms with E-state index in [0.717, 1.165) is 5.25 Å². The van der Waals surface area contributed by atoms with Crippen molar-refractivity contribution in [2.75, 3.05) is 0 Å². The molecule has 1 heterocycles. The molecule has 1 aromatic rings. The fourth-order valence-electron chi connectivity index (χ4n) is 2.23. The number of hydrogen-bond acceptors (Lipinski definition) is 2. The lowest BCUT2D eigenvalue weighted by molar-refractivity contribution is 0.719. The van der Waals surface area contributed by atoms with E-state index in [9.17, 15) is 0 Å². The summed E-state index contributed by atoms with van der Waals surface area (Å²) in [7, 11) is 0. The summed E-state index contributed by atoms with van der Waals surface area (Å²) in [5, 5.41) is 0.730. The first-order valence-corrected chi connectivity index (χ1v) is 6.15. The van der Waals surface area contributed by atoms with Gasteiger partial charge in [-0.15, -0.1) is 11.8 Å². The van der Waals surface area contributed by atoms with E-state index in [1.165, 1.54) is 35.3 Å². The van der Waals surface area contributed by atoms with Crippen molar-refractivity contribution in [1.29, 1.82) is 0 Å². The van der Waals surface area contributed by atoms with Gasteiger partial charge in [0, 0.05) is 15.7 Å². The van der Waals surface area contributed by atoms with Crippen LogP contribution < -0.4 is 5.73 Å². The topological polar surface area (TPSA) is 26.0 Å². The Morgan fingerprint density at radius 3 is 2.93 bits per heavy atom. The van der Waals surface area contributed by atoms with Gasteiger partial charge in [-0.2, -0.15) is 0 Å². The SMILES string of the molecule is CC1Cc2cccc(C3(N)CC3)c2S1. The first kappa shape index (κ1) is 8.81. The highest BCUT2D eigenvalue weighted by atomic mass is 32.2. The molecular formula is C12H15NS. The van der Waals surface area contributed by atoms with E-state index in [0.29, 0.717) is 0 Å². The van der Waals surface area contributed by atoms with Gasteiger partial charge in [-0.05, 0) is 30.4 Å². The molecule has 0 aromatic heterocycles. The molecule has 2 N–H and O–H groups in total. The minimum absolute atomic E-state index is 0.0302. The summed E-state index contributed by atoms with van der Waals surface area (Å²) in [6.45, 7) is 2.30. The van der Waals surface area contributed by atoms with Crippen LogP contribution in [-0.4, -0.2) is 5.25 Å². The Bertz CT molecular complexity index is 382. The van der Waals surface area contributed by atoms with E-state index in [2.05, 4.69) is 25.1 Å². The van der Waals surface area contributed by atoms with E-state index >= 15 is 0 Å². The molecule has 1 atom stereocenters. The van der Waals surface area contributed by atoms with E-state index < -0.39 is 0 Å². The summed E-state index contributed by atoms with van der Waals surface area (Å²) in [5.41, 5.74) is 9.22. The van der Waals surface area contributed by atoms with Crippen molar-refractivity contribution in [3.05, 3.63) is 29.3 Å². The second-order valence-corrected chi connectivity index (χ2v) is 6.03. The van der Waals surface area contributed by atoms with Gasteiger partial charge < -0.3 is 5.73 Å². The van der Waals surface area contributed by atoms with Crippen LogP contribution in [0.25, 0.3) is 0 Å². The highest BCUT2D eigenvalue weighted by molar-refractivity contribution is 8.00. The van der Waals surface area contributed by atoms with Gasteiger partial charge >= 0.3 is 0 Å². The Kier molecular flexibility index (Phi) is 1.74. The summed E-state index contributed by atoms with van der Waals surface area (Å²) < 4.78 is 0. The van der Waals surface area contributed by atoms with Gasteiger partial charge in [0.15, 0.2) is 0 Å². The maximum atomic E-state index is 6.27. The molecule has 0 saturated heterocycles. The van der Waals surface area contributed by atoms with Gasteiger partial charge in [0.25, 0.3) is 0 Å². The second-order valence-electron chi connectivity index (χ2n) is 4.58. The quantitative estimate of drug-likeness (QED) is 0.763. The van der Waals surface area contributed by atoms with Crippen LogP contribution in [0.5, 0.6) is 0 Å². The average Bonchev–Trinajstić information content (AvgIpc) is 2.78. The molecule has 0 spiro atoms. The van der Waals surface area contributed by atoms with Gasteiger partial charge in [0.1, 0.15) is 0 Å². The highest BCUT2D eigenvalue weighted by Gasteiger charge is 2.42. The molecule has 1 unspecified atom stereocenters. The van der Waals surface area contributed by atoms with Crippen LogP contribution in [0.15, 0.2) is 23.1 Å². The summed E-state index contributed by atoms with van der Waals surface area (Å²) >= 11 is 2.00. The van der Waals surface area contributed by atoms with Gasteiger partial charge in [0.05, 0.1) is 0 Å². The van der Waals surface area contributed by atoms with Crippen LogP contribution in [0.2, 0.25) is 0 Å². The molecule has 1 saturated carbocycles. The highest BCUT2D eigenvalue weighted by Crippen LogP contribution is 2.50. The molecule has 3 rings (SSSR count).